The zero-order valence-electron chi connectivity index (χ0n) is 22.6. The maximum Gasteiger partial charge on any atom is 0.469 e. The van der Waals surface area contributed by atoms with Gasteiger partial charge in [-0.2, -0.15) is 0 Å². The van der Waals surface area contributed by atoms with Gasteiger partial charge in [-0.1, -0.05) is 148 Å². The van der Waals surface area contributed by atoms with Crippen LogP contribution < -0.4 is 0 Å². The van der Waals surface area contributed by atoms with Crippen molar-refractivity contribution < 1.29 is 23.7 Å². The van der Waals surface area contributed by atoms with Gasteiger partial charge in [0.25, 0.3) is 0 Å². The molecule has 7 heteroatoms. The summed E-state index contributed by atoms with van der Waals surface area (Å²) >= 11 is 0. The minimum Gasteiger partial charge on any atom is -0.303 e. The Kier molecular flexibility index (Phi) is 27.7. The summed E-state index contributed by atoms with van der Waals surface area (Å²) in [5.41, 5.74) is 0. The number of hydrogen-bond acceptors (Lipinski definition) is 4. The second kappa shape index (κ2) is 28.1. The summed E-state index contributed by atoms with van der Waals surface area (Å²) < 4.78 is 15.0. The fourth-order valence-corrected chi connectivity index (χ4v) is 4.95. The molecule has 0 heterocycles. The van der Waals surface area contributed by atoms with Crippen molar-refractivity contribution in [3.63, 3.8) is 0 Å². The molecule has 0 aliphatic heterocycles. The average molecular weight is 518 g/mol. The number of aliphatic imine (C=N–C) groups is 1. The normalized spacial score (nSPS) is 11.6. The Morgan fingerprint density at radius 3 is 1.00 bits per heavy atom. The van der Waals surface area contributed by atoms with E-state index in [0.717, 1.165) is 25.7 Å². The van der Waals surface area contributed by atoms with Crippen LogP contribution in [-0.4, -0.2) is 29.0 Å². The lowest BCUT2D eigenvalue weighted by Crippen LogP contribution is -1.92. The molecule has 0 aromatic heterocycles. The van der Waals surface area contributed by atoms with E-state index < -0.39 is 7.82 Å². The van der Waals surface area contributed by atoms with Crippen LogP contribution in [0.5, 0.6) is 0 Å². The molecule has 0 rings (SSSR count). The van der Waals surface area contributed by atoms with Crippen LogP contribution in [0.2, 0.25) is 0 Å². The molecule has 208 valence electrons. The van der Waals surface area contributed by atoms with Crippen molar-refractivity contribution in [1.82, 2.24) is 0 Å². The third-order valence-corrected chi connectivity index (χ3v) is 7.26. The topological polar surface area (TPSA) is 96.2 Å². The molecular formula is C28H56NO5P. The number of hydrogen-bond donors (Lipinski definition) is 2. The Labute approximate surface area is 216 Å². The minimum atomic E-state index is -4.27. The van der Waals surface area contributed by atoms with Crippen LogP contribution in [0.25, 0.3) is 0 Å². The number of carbonyl (C=O) groups excluding carboxylic acids is 1. The molecule has 0 bridgehead atoms. The lowest BCUT2D eigenvalue weighted by Gasteiger charge is -2.05. The molecule has 0 aliphatic carbocycles. The Balaban J connectivity index is 3.05. The van der Waals surface area contributed by atoms with Gasteiger partial charge in [0.15, 0.2) is 0 Å². The first-order valence-corrected chi connectivity index (χ1v) is 16.3. The van der Waals surface area contributed by atoms with Gasteiger partial charge >= 0.3 is 7.82 Å². The van der Waals surface area contributed by atoms with Gasteiger partial charge in [0.1, 0.15) is 0 Å². The highest BCUT2D eigenvalue weighted by molar-refractivity contribution is 7.46. The molecule has 0 radical (unpaired) electrons. The van der Waals surface area contributed by atoms with Gasteiger partial charge in [0.2, 0.25) is 6.08 Å². The second-order valence-corrected chi connectivity index (χ2v) is 11.4. The van der Waals surface area contributed by atoms with Gasteiger partial charge in [-0.05, 0) is 12.8 Å². The minimum absolute atomic E-state index is 0.162. The maximum absolute atomic E-state index is 10.5. The standard InChI is InChI=1S/C28H56NO5P/c30-28-29-26-24-22-20-18-16-14-12-10-8-6-4-2-1-3-5-7-9-11-13-15-17-19-21-23-25-27-34-35(31,32)33/h1-27H2,(H2,31,32,33). The Morgan fingerprint density at radius 1 is 0.486 bits per heavy atom. The van der Waals surface area contributed by atoms with E-state index in [1.807, 2.05) is 0 Å². The summed E-state index contributed by atoms with van der Waals surface area (Å²) in [5.74, 6) is 0. The Morgan fingerprint density at radius 2 is 0.743 bits per heavy atom. The number of phosphoric acid groups is 1. The van der Waals surface area contributed by atoms with E-state index in [0.29, 0.717) is 6.54 Å². The third-order valence-electron chi connectivity index (χ3n) is 6.74. The third kappa shape index (κ3) is 33.5. The maximum atomic E-state index is 10.5. The number of unbranched alkanes of at least 4 members (excludes halogenated alkanes) is 24. The number of phosphoric ester groups is 1. The molecule has 35 heavy (non-hydrogen) atoms. The first-order chi connectivity index (χ1) is 17.1. The lowest BCUT2D eigenvalue weighted by atomic mass is 10.0. The molecule has 0 aliphatic rings. The molecule has 0 amide bonds. The molecule has 0 aromatic rings. The van der Waals surface area contributed by atoms with Crippen LogP contribution in [-0.2, 0) is 13.9 Å². The van der Waals surface area contributed by atoms with Crippen LogP contribution in [0.4, 0.5) is 0 Å². The van der Waals surface area contributed by atoms with Crippen molar-refractivity contribution in [2.24, 2.45) is 4.99 Å². The van der Waals surface area contributed by atoms with E-state index in [-0.39, 0.29) is 6.61 Å². The molecule has 0 saturated carbocycles. The van der Waals surface area contributed by atoms with E-state index in [1.165, 1.54) is 135 Å². The largest absolute Gasteiger partial charge is 0.469 e. The number of isocyanates is 1. The van der Waals surface area contributed by atoms with Gasteiger partial charge in [-0.15, -0.1) is 0 Å². The Bertz CT molecular complexity index is 519. The highest BCUT2D eigenvalue weighted by Gasteiger charge is 2.12. The molecule has 0 saturated heterocycles. The van der Waals surface area contributed by atoms with Crippen LogP contribution in [0.15, 0.2) is 4.99 Å². The van der Waals surface area contributed by atoms with Gasteiger partial charge in [0, 0.05) is 0 Å². The average Bonchev–Trinajstić information content (AvgIpc) is 2.82. The molecule has 0 aromatic carbocycles. The summed E-state index contributed by atoms with van der Waals surface area (Å²) in [7, 11) is -4.27. The predicted molar refractivity (Wildman–Crippen MR) is 146 cm³/mol. The highest BCUT2D eigenvalue weighted by atomic mass is 31.2. The van der Waals surface area contributed by atoms with E-state index in [2.05, 4.69) is 9.52 Å². The van der Waals surface area contributed by atoms with Crippen LogP contribution in [0.3, 0.4) is 0 Å². The summed E-state index contributed by atoms with van der Waals surface area (Å²) in [4.78, 5) is 30.7. The molecule has 0 fully saturated rings. The van der Waals surface area contributed by atoms with Crippen molar-refractivity contribution >= 4 is 13.9 Å². The lowest BCUT2D eigenvalue weighted by molar-refractivity contribution is 0.193. The Hall–Kier alpha value is -0.510. The molecule has 2 N–H and O–H groups in total. The summed E-state index contributed by atoms with van der Waals surface area (Å²) in [6.45, 7) is 0.814. The number of rotatable bonds is 29. The van der Waals surface area contributed by atoms with Gasteiger partial charge < -0.3 is 9.79 Å². The van der Waals surface area contributed by atoms with E-state index >= 15 is 0 Å². The van der Waals surface area contributed by atoms with Crippen molar-refractivity contribution in [3.05, 3.63) is 0 Å². The molecular weight excluding hydrogens is 461 g/mol. The van der Waals surface area contributed by atoms with Crippen molar-refractivity contribution in [1.29, 1.82) is 0 Å². The molecule has 0 atom stereocenters. The van der Waals surface area contributed by atoms with Crippen molar-refractivity contribution in [2.45, 2.75) is 161 Å². The monoisotopic (exact) mass is 517 g/mol. The number of nitrogens with zero attached hydrogens (tertiary/aromatic N) is 1. The van der Waals surface area contributed by atoms with Crippen molar-refractivity contribution in [3.8, 4) is 0 Å². The molecule has 6 nitrogen and oxygen atoms in total. The highest BCUT2D eigenvalue weighted by Crippen LogP contribution is 2.35. The quantitative estimate of drug-likeness (QED) is 0.0446. The first-order valence-electron chi connectivity index (χ1n) is 14.8. The fourth-order valence-electron chi connectivity index (χ4n) is 4.59. The SMILES string of the molecule is O=C=NCCCCCCCCCCCCCCCCCCCCCCCCCCCOP(=O)(O)O. The van der Waals surface area contributed by atoms with E-state index in [4.69, 9.17) is 9.79 Å². The summed E-state index contributed by atoms with van der Waals surface area (Å²) in [6, 6.07) is 0. The van der Waals surface area contributed by atoms with Gasteiger partial charge in [0.05, 0.1) is 13.2 Å². The van der Waals surface area contributed by atoms with Gasteiger partial charge in [-0.3, -0.25) is 4.52 Å². The zero-order valence-corrected chi connectivity index (χ0v) is 23.5. The smallest absolute Gasteiger partial charge is 0.303 e. The van der Waals surface area contributed by atoms with Crippen LogP contribution >= 0.6 is 7.82 Å². The second-order valence-electron chi connectivity index (χ2n) is 10.1. The van der Waals surface area contributed by atoms with Gasteiger partial charge in [-0.25, -0.2) is 14.4 Å². The summed E-state index contributed by atoms with van der Waals surface area (Å²) in [5, 5.41) is 0. The fraction of sp³-hybridized carbons (Fsp3) is 0.964. The zero-order chi connectivity index (χ0) is 25.7. The first kappa shape index (κ1) is 34.5. The van der Waals surface area contributed by atoms with E-state index in [9.17, 15) is 9.36 Å². The molecule has 0 unspecified atom stereocenters. The van der Waals surface area contributed by atoms with E-state index in [1.54, 1.807) is 6.08 Å². The van der Waals surface area contributed by atoms with Crippen LogP contribution in [0.1, 0.15) is 161 Å². The molecule has 0 spiro atoms. The van der Waals surface area contributed by atoms with Crippen LogP contribution in [0, 0.1) is 0 Å². The summed E-state index contributed by atoms with van der Waals surface area (Å²) in [6.07, 6.45) is 34.0. The predicted octanol–water partition coefficient (Wildman–Crippen LogP) is 9.18. The van der Waals surface area contributed by atoms with Crippen molar-refractivity contribution in [2.75, 3.05) is 13.2 Å².